The first kappa shape index (κ1) is 16.7. The average molecular weight is 315 g/mol. The van der Waals surface area contributed by atoms with Gasteiger partial charge in [-0.15, -0.1) is 0 Å². The minimum Gasteiger partial charge on any atom is -0.480 e. The molecule has 0 fully saturated rings. The Hall–Kier alpha value is -2.63. The van der Waals surface area contributed by atoms with Gasteiger partial charge >= 0.3 is 5.97 Å². The standard InChI is InChI=1S/C17H21N3O3/c1-11(2)15(17(22)23)19-16(21)14-9-18-20(12(14)3)10-13-7-5-4-6-8-13/h4-9,11,15H,10H2,1-3H3,(H,19,21)(H,22,23)/t15-/m1/s1. The molecule has 0 radical (unpaired) electrons. The highest BCUT2D eigenvalue weighted by Gasteiger charge is 2.25. The van der Waals surface area contributed by atoms with E-state index in [1.165, 1.54) is 6.20 Å². The van der Waals surface area contributed by atoms with Crippen LogP contribution in [0.15, 0.2) is 36.5 Å². The van der Waals surface area contributed by atoms with Gasteiger partial charge in [-0.2, -0.15) is 5.10 Å². The van der Waals surface area contributed by atoms with Gasteiger partial charge in [0, 0.05) is 5.69 Å². The van der Waals surface area contributed by atoms with Gasteiger partial charge in [0.1, 0.15) is 6.04 Å². The zero-order chi connectivity index (χ0) is 17.0. The fraction of sp³-hybridized carbons (Fsp3) is 0.353. The molecule has 0 unspecified atom stereocenters. The van der Waals surface area contributed by atoms with Crippen LogP contribution in [0.5, 0.6) is 0 Å². The first-order chi connectivity index (χ1) is 10.9. The summed E-state index contributed by atoms with van der Waals surface area (Å²) in [7, 11) is 0. The number of benzene rings is 1. The van der Waals surface area contributed by atoms with Gasteiger partial charge in [0.15, 0.2) is 0 Å². The quantitative estimate of drug-likeness (QED) is 0.855. The number of aromatic nitrogens is 2. The van der Waals surface area contributed by atoms with E-state index < -0.39 is 17.9 Å². The number of hydrogen-bond donors (Lipinski definition) is 2. The summed E-state index contributed by atoms with van der Waals surface area (Å²) in [4.78, 5) is 23.5. The second kappa shape index (κ2) is 7.09. The molecular formula is C17H21N3O3. The maximum absolute atomic E-state index is 12.3. The molecule has 2 N–H and O–H groups in total. The Bertz CT molecular complexity index is 692. The van der Waals surface area contributed by atoms with Gasteiger partial charge in [0.2, 0.25) is 0 Å². The molecule has 0 bridgehead atoms. The number of amides is 1. The minimum absolute atomic E-state index is 0.198. The van der Waals surface area contributed by atoms with Crippen molar-refractivity contribution in [3.05, 3.63) is 53.3 Å². The maximum Gasteiger partial charge on any atom is 0.326 e. The van der Waals surface area contributed by atoms with Gasteiger partial charge in [0.25, 0.3) is 5.91 Å². The number of carboxylic acids is 1. The molecule has 6 heteroatoms. The third kappa shape index (κ3) is 3.97. The highest BCUT2D eigenvalue weighted by atomic mass is 16.4. The molecule has 0 aliphatic heterocycles. The van der Waals surface area contributed by atoms with Crippen molar-refractivity contribution >= 4 is 11.9 Å². The Labute approximate surface area is 135 Å². The Balaban J connectivity index is 2.15. The van der Waals surface area contributed by atoms with Crippen LogP contribution in [0.3, 0.4) is 0 Å². The number of hydrogen-bond acceptors (Lipinski definition) is 3. The number of aliphatic carboxylic acids is 1. The molecule has 2 aromatic rings. The number of carbonyl (C=O) groups excluding carboxylic acids is 1. The highest BCUT2D eigenvalue weighted by molar-refractivity contribution is 5.97. The van der Waals surface area contributed by atoms with E-state index in [2.05, 4.69) is 10.4 Å². The molecule has 0 aliphatic rings. The molecule has 1 heterocycles. The van der Waals surface area contributed by atoms with Crippen LogP contribution in [0, 0.1) is 12.8 Å². The molecule has 0 saturated carbocycles. The highest BCUT2D eigenvalue weighted by Crippen LogP contribution is 2.11. The van der Waals surface area contributed by atoms with Crippen molar-refractivity contribution in [2.24, 2.45) is 5.92 Å². The van der Waals surface area contributed by atoms with Crippen molar-refractivity contribution in [1.82, 2.24) is 15.1 Å². The molecule has 1 atom stereocenters. The van der Waals surface area contributed by atoms with Gasteiger partial charge in [-0.3, -0.25) is 9.48 Å². The Morgan fingerprint density at radius 2 is 1.91 bits per heavy atom. The van der Waals surface area contributed by atoms with Crippen molar-refractivity contribution in [1.29, 1.82) is 0 Å². The van der Waals surface area contributed by atoms with Crippen LogP contribution in [-0.4, -0.2) is 32.8 Å². The van der Waals surface area contributed by atoms with Crippen molar-refractivity contribution < 1.29 is 14.7 Å². The molecule has 0 saturated heterocycles. The molecular weight excluding hydrogens is 294 g/mol. The summed E-state index contributed by atoms with van der Waals surface area (Å²) < 4.78 is 1.73. The van der Waals surface area contributed by atoms with Gasteiger partial charge in [-0.1, -0.05) is 44.2 Å². The van der Waals surface area contributed by atoms with E-state index in [9.17, 15) is 14.7 Å². The second-order valence-corrected chi connectivity index (χ2v) is 5.82. The van der Waals surface area contributed by atoms with Crippen molar-refractivity contribution in [3.8, 4) is 0 Å². The molecule has 23 heavy (non-hydrogen) atoms. The monoisotopic (exact) mass is 315 g/mol. The summed E-state index contributed by atoms with van der Waals surface area (Å²) in [6, 6.07) is 8.89. The molecule has 6 nitrogen and oxygen atoms in total. The predicted molar refractivity (Wildman–Crippen MR) is 86.2 cm³/mol. The summed E-state index contributed by atoms with van der Waals surface area (Å²) >= 11 is 0. The molecule has 1 aromatic heterocycles. The summed E-state index contributed by atoms with van der Waals surface area (Å²) in [5.74, 6) is -1.65. The van der Waals surface area contributed by atoms with Crippen LogP contribution in [-0.2, 0) is 11.3 Å². The van der Waals surface area contributed by atoms with Gasteiger partial charge in [-0.25, -0.2) is 4.79 Å². The van der Waals surface area contributed by atoms with Gasteiger partial charge in [0.05, 0.1) is 18.3 Å². The normalized spacial score (nSPS) is 12.2. The maximum atomic E-state index is 12.3. The second-order valence-electron chi connectivity index (χ2n) is 5.82. The van der Waals surface area contributed by atoms with E-state index in [1.807, 2.05) is 30.3 Å². The fourth-order valence-corrected chi connectivity index (χ4v) is 2.32. The zero-order valence-electron chi connectivity index (χ0n) is 13.5. The number of carbonyl (C=O) groups is 2. The smallest absolute Gasteiger partial charge is 0.326 e. The zero-order valence-corrected chi connectivity index (χ0v) is 13.5. The van der Waals surface area contributed by atoms with Crippen LogP contribution in [0.4, 0.5) is 0 Å². The third-order valence-electron chi connectivity index (χ3n) is 3.74. The van der Waals surface area contributed by atoms with E-state index in [-0.39, 0.29) is 5.92 Å². The lowest BCUT2D eigenvalue weighted by Gasteiger charge is -2.17. The molecule has 1 amide bonds. The Morgan fingerprint density at radius 1 is 1.26 bits per heavy atom. The van der Waals surface area contributed by atoms with Crippen LogP contribution >= 0.6 is 0 Å². The van der Waals surface area contributed by atoms with Crippen molar-refractivity contribution in [3.63, 3.8) is 0 Å². The van der Waals surface area contributed by atoms with Gasteiger partial charge < -0.3 is 10.4 Å². The molecule has 2 rings (SSSR count). The van der Waals surface area contributed by atoms with Crippen molar-refractivity contribution in [2.45, 2.75) is 33.4 Å². The topological polar surface area (TPSA) is 84.2 Å². The molecule has 0 aliphatic carbocycles. The molecule has 0 spiro atoms. The van der Waals surface area contributed by atoms with E-state index in [0.29, 0.717) is 17.8 Å². The van der Waals surface area contributed by atoms with Crippen LogP contribution in [0.1, 0.15) is 35.5 Å². The number of carboxylic acid groups (broad SMARTS) is 1. The number of rotatable bonds is 6. The largest absolute Gasteiger partial charge is 0.480 e. The molecule has 1 aromatic carbocycles. The predicted octanol–water partition coefficient (Wildman–Crippen LogP) is 2.08. The van der Waals surface area contributed by atoms with E-state index >= 15 is 0 Å². The van der Waals surface area contributed by atoms with Crippen LogP contribution < -0.4 is 5.32 Å². The summed E-state index contributed by atoms with van der Waals surface area (Å²) in [6.45, 7) is 5.87. The van der Waals surface area contributed by atoms with Crippen LogP contribution in [0.25, 0.3) is 0 Å². The first-order valence-corrected chi connectivity index (χ1v) is 7.50. The molecule has 122 valence electrons. The summed E-state index contributed by atoms with van der Waals surface area (Å²) in [6.07, 6.45) is 1.48. The summed E-state index contributed by atoms with van der Waals surface area (Å²) in [5, 5.41) is 16.0. The van der Waals surface area contributed by atoms with E-state index in [0.717, 1.165) is 5.56 Å². The Morgan fingerprint density at radius 3 is 2.48 bits per heavy atom. The first-order valence-electron chi connectivity index (χ1n) is 7.50. The SMILES string of the molecule is Cc1c(C(=O)N[C@@H](C(=O)O)C(C)C)cnn1Cc1ccccc1. The lowest BCUT2D eigenvalue weighted by Crippen LogP contribution is -2.44. The van der Waals surface area contributed by atoms with Crippen molar-refractivity contribution in [2.75, 3.05) is 0 Å². The van der Waals surface area contributed by atoms with Gasteiger partial charge in [-0.05, 0) is 18.4 Å². The van der Waals surface area contributed by atoms with E-state index in [1.54, 1.807) is 25.5 Å². The number of nitrogens with zero attached hydrogens (tertiary/aromatic N) is 2. The lowest BCUT2D eigenvalue weighted by atomic mass is 10.0. The minimum atomic E-state index is -1.04. The third-order valence-corrected chi connectivity index (χ3v) is 3.74. The summed E-state index contributed by atoms with van der Waals surface area (Å²) in [5.41, 5.74) is 2.18. The Kier molecular flexibility index (Phi) is 5.16. The van der Waals surface area contributed by atoms with E-state index in [4.69, 9.17) is 0 Å². The fourth-order valence-electron chi connectivity index (χ4n) is 2.32. The number of nitrogens with one attached hydrogen (secondary N) is 1. The average Bonchev–Trinajstić information content (AvgIpc) is 2.86. The lowest BCUT2D eigenvalue weighted by molar-refractivity contribution is -0.140. The van der Waals surface area contributed by atoms with Crippen LogP contribution in [0.2, 0.25) is 0 Å².